The molecule has 0 radical (unpaired) electrons. The van der Waals surface area contributed by atoms with Gasteiger partial charge in [-0.15, -0.1) is 0 Å². The van der Waals surface area contributed by atoms with Gasteiger partial charge in [-0.3, -0.25) is 9.69 Å². The minimum atomic E-state index is -0.655. The average Bonchev–Trinajstić information content (AvgIpc) is 3.03. The number of amides is 3. The molecule has 2 fully saturated rings. The molecule has 33 heavy (non-hydrogen) atoms. The molecule has 0 atom stereocenters. The van der Waals surface area contributed by atoms with Crippen LogP contribution in [-0.4, -0.2) is 60.6 Å². The molecule has 1 spiro atoms. The van der Waals surface area contributed by atoms with E-state index >= 15 is 0 Å². The molecular weight excluding hydrogens is 412 g/mol. The SMILES string of the molecule is CCCCCCCCCCCCCCCCCCN(C)CN1C(=O)NC2(CCNCC2)C1=O. The highest BCUT2D eigenvalue weighted by Gasteiger charge is 2.51. The van der Waals surface area contributed by atoms with Crippen LogP contribution in [0.15, 0.2) is 0 Å². The molecule has 2 heterocycles. The van der Waals surface area contributed by atoms with Gasteiger partial charge in [0.2, 0.25) is 0 Å². The van der Waals surface area contributed by atoms with Crippen LogP contribution in [0.25, 0.3) is 0 Å². The Kier molecular flexibility index (Phi) is 14.0. The summed E-state index contributed by atoms with van der Waals surface area (Å²) in [5.41, 5.74) is -0.655. The molecule has 2 rings (SSSR count). The largest absolute Gasteiger partial charge is 0.326 e. The normalized spacial score (nSPS) is 18.0. The molecular formula is C27H52N4O2. The zero-order valence-electron chi connectivity index (χ0n) is 21.8. The summed E-state index contributed by atoms with van der Waals surface area (Å²) in [5.74, 6) is -0.0344. The third kappa shape index (κ3) is 10.3. The fourth-order valence-corrected chi connectivity index (χ4v) is 5.24. The maximum Gasteiger partial charge on any atom is 0.326 e. The van der Waals surface area contributed by atoms with Crippen LogP contribution in [0.4, 0.5) is 4.79 Å². The number of nitrogens with zero attached hydrogens (tertiary/aromatic N) is 2. The summed E-state index contributed by atoms with van der Waals surface area (Å²) < 4.78 is 0. The Hall–Kier alpha value is -1.14. The fourth-order valence-electron chi connectivity index (χ4n) is 5.24. The van der Waals surface area contributed by atoms with E-state index in [4.69, 9.17) is 0 Å². The number of nitrogens with one attached hydrogen (secondary N) is 2. The quantitative estimate of drug-likeness (QED) is 0.187. The van der Waals surface area contributed by atoms with E-state index in [9.17, 15) is 9.59 Å². The highest BCUT2D eigenvalue weighted by atomic mass is 16.2. The second-order valence-electron chi connectivity index (χ2n) is 10.5. The van der Waals surface area contributed by atoms with Crippen molar-refractivity contribution in [2.45, 2.75) is 128 Å². The van der Waals surface area contributed by atoms with Crippen LogP contribution in [0.1, 0.15) is 122 Å². The van der Waals surface area contributed by atoms with Gasteiger partial charge in [-0.2, -0.15) is 0 Å². The van der Waals surface area contributed by atoms with Crippen molar-refractivity contribution in [1.29, 1.82) is 0 Å². The smallest absolute Gasteiger partial charge is 0.323 e. The molecule has 0 aromatic heterocycles. The summed E-state index contributed by atoms with van der Waals surface area (Å²) in [6.45, 7) is 5.19. The first kappa shape index (κ1) is 28.1. The number of hydrogen-bond acceptors (Lipinski definition) is 4. The van der Waals surface area contributed by atoms with Crippen LogP contribution in [0.2, 0.25) is 0 Å². The van der Waals surface area contributed by atoms with Crippen LogP contribution in [0.5, 0.6) is 0 Å². The van der Waals surface area contributed by atoms with Gasteiger partial charge >= 0.3 is 6.03 Å². The number of carbonyl (C=O) groups excluding carboxylic acids is 2. The van der Waals surface area contributed by atoms with Crippen molar-refractivity contribution in [2.75, 3.05) is 33.4 Å². The molecule has 0 bridgehead atoms. The van der Waals surface area contributed by atoms with Gasteiger partial charge in [0.25, 0.3) is 5.91 Å². The van der Waals surface area contributed by atoms with E-state index in [2.05, 4.69) is 22.5 Å². The van der Waals surface area contributed by atoms with Crippen LogP contribution in [0, 0.1) is 0 Å². The molecule has 2 saturated heterocycles. The first-order valence-electron chi connectivity index (χ1n) is 14.1. The van der Waals surface area contributed by atoms with Crippen molar-refractivity contribution in [2.24, 2.45) is 0 Å². The van der Waals surface area contributed by atoms with Crippen LogP contribution in [0.3, 0.4) is 0 Å². The third-order valence-corrected chi connectivity index (χ3v) is 7.48. The molecule has 3 amide bonds. The monoisotopic (exact) mass is 464 g/mol. The van der Waals surface area contributed by atoms with Crippen molar-refractivity contribution >= 4 is 11.9 Å². The predicted molar refractivity (Wildman–Crippen MR) is 137 cm³/mol. The van der Waals surface area contributed by atoms with Gasteiger partial charge in [0.1, 0.15) is 5.54 Å². The van der Waals surface area contributed by atoms with Gasteiger partial charge in [0.15, 0.2) is 0 Å². The van der Waals surface area contributed by atoms with Gasteiger partial charge in [-0.05, 0) is 45.9 Å². The second-order valence-corrected chi connectivity index (χ2v) is 10.5. The van der Waals surface area contributed by atoms with E-state index in [-0.39, 0.29) is 11.9 Å². The van der Waals surface area contributed by atoms with Crippen LogP contribution in [-0.2, 0) is 4.79 Å². The summed E-state index contributed by atoms with van der Waals surface area (Å²) in [7, 11) is 2.01. The maximum absolute atomic E-state index is 12.8. The number of imide groups is 1. The molecule has 6 heteroatoms. The van der Waals surface area contributed by atoms with Gasteiger partial charge < -0.3 is 10.6 Å². The average molecular weight is 465 g/mol. The van der Waals surface area contributed by atoms with Crippen molar-refractivity contribution in [3.05, 3.63) is 0 Å². The molecule has 0 aromatic rings. The lowest BCUT2D eigenvalue weighted by Gasteiger charge is -2.31. The first-order valence-corrected chi connectivity index (χ1v) is 14.1. The third-order valence-electron chi connectivity index (χ3n) is 7.48. The summed E-state index contributed by atoms with van der Waals surface area (Å²) in [5, 5.41) is 6.24. The van der Waals surface area contributed by atoms with Crippen molar-refractivity contribution in [1.82, 2.24) is 20.4 Å². The van der Waals surface area contributed by atoms with E-state index < -0.39 is 5.54 Å². The van der Waals surface area contributed by atoms with E-state index in [0.717, 1.165) is 26.1 Å². The Balaban J connectivity index is 1.39. The standard InChI is InChI=1S/C27H52N4O2/c1-3-4-5-6-7-8-9-10-11-12-13-14-15-16-17-18-23-30(2)24-31-25(32)27(29-26(31)33)19-21-28-22-20-27/h28H,3-24H2,1-2H3,(H,29,33). The van der Waals surface area contributed by atoms with Crippen LogP contribution < -0.4 is 10.6 Å². The summed E-state index contributed by atoms with van der Waals surface area (Å²) in [6, 6.07) is -0.222. The van der Waals surface area contributed by atoms with Gasteiger partial charge in [0, 0.05) is 0 Å². The first-order chi connectivity index (χ1) is 16.1. The lowest BCUT2D eigenvalue weighted by Crippen LogP contribution is -2.54. The van der Waals surface area contributed by atoms with Crippen molar-refractivity contribution in [3.8, 4) is 0 Å². The Morgan fingerprint density at radius 3 is 1.70 bits per heavy atom. The number of unbranched alkanes of at least 4 members (excludes halogenated alkanes) is 15. The maximum atomic E-state index is 12.8. The number of urea groups is 1. The number of carbonyl (C=O) groups is 2. The van der Waals surface area contributed by atoms with Gasteiger partial charge in [-0.1, -0.05) is 103 Å². The summed E-state index contributed by atoms with van der Waals surface area (Å²) in [6.07, 6.45) is 23.3. The molecule has 0 aliphatic carbocycles. The number of rotatable bonds is 19. The molecule has 2 N–H and O–H groups in total. The van der Waals surface area contributed by atoms with Crippen LogP contribution >= 0.6 is 0 Å². The van der Waals surface area contributed by atoms with Gasteiger partial charge in [-0.25, -0.2) is 9.69 Å². The topological polar surface area (TPSA) is 64.7 Å². The minimum Gasteiger partial charge on any atom is -0.323 e. The lowest BCUT2D eigenvalue weighted by molar-refractivity contribution is -0.133. The number of piperidine rings is 1. The minimum absolute atomic E-state index is 0.0344. The predicted octanol–water partition coefficient (Wildman–Crippen LogP) is 5.81. The molecule has 6 nitrogen and oxygen atoms in total. The second kappa shape index (κ2) is 16.5. The van der Waals surface area contributed by atoms with E-state index in [1.54, 1.807) is 0 Å². The van der Waals surface area contributed by atoms with E-state index in [0.29, 0.717) is 19.5 Å². The Morgan fingerprint density at radius 1 is 0.758 bits per heavy atom. The number of hydrogen-bond donors (Lipinski definition) is 2. The molecule has 0 saturated carbocycles. The Labute approximate surface area is 203 Å². The van der Waals surface area contributed by atoms with E-state index in [1.165, 1.54) is 101 Å². The highest BCUT2D eigenvalue weighted by Crippen LogP contribution is 2.27. The van der Waals surface area contributed by atoms with E-state index in [1.807, 2.05) is 7.05 Å². The Bertz CT molecular complexity index is 548. The van der Waals surface area contributed by atoms with Crippen molar-refractivity contribution < 1.29 is 9.59 Å². The van der Waals surface area contributed by atoms with Gasteiger partial charge in [0.05, 0.1) is 6.67 Å². The fraction of sp³-hybridized carbons (Fsp3) is 0.926. The zero-order valence-corrected chi connectivity index (χ0v) is 21.8. The Morgan fingerprint density at radius 2 is 1.21 bits per heavy atom. The molecule has 192 valence electrons. The summed E-state index contributed by atoms with van der Waals surface area (Å²) in [4.78, 5) is 28.7. The molecule has 2 aliphatic rings. The summed E-state index contributed by atoms with van der Waals surface area (Å²) >= 11 is 0. The molecule has 2 aliphatic heterocycles. The molecule has 0 unspecified atom stereocenters. The zero-order chi connectivity index (χ0) is 23.8. The van der Waals surface area contributed by atoms with Crippen molar-refractivity contribution in [3.63, 3.8) is 0 Å². The molecule has 0 aromatic carbocycles. The lowest BCUT2D eigenvalue weighted by atomic mass is 9.88. The highest BCUT2D eigenvalue weighted by molar-refractivity contribution is 6.07.